The predicted octanol–water partition coefficient (Wildman–Crippen LogP) is 3.55. The molecule has 100 valence electrons. The smallest absolute Gasteiger partial charge is 0.0573 e. The average Bonchev–Trinajstić information content (AvgIpc) is 2.43. The van der Waals surface area contributed by atoms with Gasteiger partial charge in [0.05, 0.1) is 5.69 Å². The molecule has 0 bridgehead atoms. The summed E-state index contributed by atoms with van der Waals surface area (Å²) in [5, 5.41) is 3.50. The Balaban J connectivity index is 1.98. The lowest BCUT2D eigenvalue weighted by molar-refractivity contribution is 0.671. The van der Waals surface area contributed by atoms with E-state index in [1.54, 1.807) is 0 Å². The molecule has 0 radical (unpaired) electrons. The Labute approximate surface area is 115 Å². The Bertz CT molecular complexity index is 547. The van der Waals surface area contributed by atoms with E-state index in [4.69, 9.17) is 0 Å². The van der Waals surface area contributed by atoms with Crippen molar-refractivity contribution >= 4 is 0 Å². The maximum Gasteiger partial charge on any atom is 0.0573 e. The van der Waals surface area contributed by atoms with Crippen LogP contribution in [0.15, 0.2) is 36.5 Å². The molecule has 0 saturated heterocycles. The monoisotopic (exact) mass is 254 g/mol. The Kier molecular flexibility index (Phi) is 4.69. The zero-order valence-corrected chi connectivity index (χ0v) is 12.0. The van der Waals surface area contributed by atoms with Gasteiger partial charge in [0, 0.05) is 19.3 Å². The quantitative estimate of drug-likeness (QED) is 0.882. The van der Waals surface area contributed by atoms with Gasteiger partial charge in [-0.2, -0.15) is 0 Å². The Hall–Kier alpha value is -1.67. The first kappa shape index (κ1) is 13.8. The number of aryl methyl sites for hydroxylation is 3. The number of hydrogen-bond donors (Lipinski definition) is 1. The minimum atomic E-state index is 0.831. The Morgan fingerprint density at radius 2 is 1.89 bits per heavy atom. The summed E-state index contributed by atoms with van der Waals surface area (Å²) in [6, 6.07) is 10.8. The highest BCUT2D eigenvalue weighted by atomic mass is 14.9. The molecule has 19 heavy (non-hydrogen) atoms. The third-order valence-corrected chi connectivity index (χ3v) is 3.48. The van der Waals surface area contributed by atoms with Crippen LogP contribution in [-0.2, 0) is 19.5 Å². The molecule has 1 aromatic heterocycles. The molecule has 0 spiro atoms. The van der Waals surface area contributed by atoms with Gasteiger partial charge in [-0.25, -0.2) is 0 Å². The van der Waals surface area contributed by atoms with Crippen molar-refractivity contribution in [2.24, 2.45) is 0 Å². The molecule has 0 aliphatic rings. The van der Waals surface area contributed by atoms with Gasteiger partial charge >= 0.3 is 0 Å². The summed E-state index contributed by atoms with van der Waals surface area (Å²) in [6.45, 7) is 8.20. The minimum Gasteiger partial charge on any atom is -0.307 e. The number of pyridine rings is 1. The van der Waals surface area contributed by atoms with E-state index in [1.165, 1.54) is 22.3 Å². The zero-order valence-electron chi connectivity index (χ0n) is 12.0. The van der Waals surface area contributed by atoms with Crippen LogP contribution >= 0.6 is 0 Å². The van der Waals surface area contributed by atoms with Gasteiger partial charge in [-0.3, -0.25) is 4.98 Å². The van der Waals surface area contributed by atoms with Crippen molar-refractivity contribution < 1.29 is 0 Å². The molecule has 0 atom stereocenters. The molecule has 0 fully saturated rings. The molecule has 0 unspecified atom stereocenters. The number of nitrogens with one attached hydrogen (secondary N) is 1. The van der Waals surface area contributed by atoms with E-state index in [2.05, 4.69) is 55.3 Å². The number of benzene rings is 1. The lowest BCUT2D eigenvalue weighted by Gasteiger charge is -2.10. The number of rotatable bonds is 5. The van der Waals surface area contributed by atoms with E-state index >= 15 is 0 Å². The topological polar surface area (TPSA) is 24.9 Å². The molecule has 1 heterocycles. The van der Waals surface area contributed by atoms with Gasteiger partial charge in [-0.1, -0.05) is 36.8 Å². The molecular weight excluding hydrogens is 232 g/mol. The third kappa shape index (κ3) is 3.65. The summed E-state index contributed by atoms with van der Waals surface area (Å²) in [7, 11) is 0. The normalized spacial score (nSPS) is 10.7. The molecule has 0 saturated carbocycles. The van der Waals surface area contributed by atoms with Crippen LogP contribution in [0.3, 0.4) is 0 Å². The van der Waals surface area contributed by atoms with Crippen molar-refractivity contribution in [1.29, 1.82) is 0 Å². The van der Waals surface area contributed by atoms with Crippen LogP contribution in [-0.4, -0.2) is 4.98 Å². The van der Waals surface area contributed by atoms with Gasteiger partial charge in [0.25, 0.3) is 0 Å². The van der Waals surface area contributed by atoms with E-state index in [1.807, 2.05) is 12.3 Å². The van der Waals surface area contributed by atoms with Crippen molar-refractivity contribution in [2.75, 3.05) is 0 Å². The van der Waals surface area contributed by atoms with E-state index in [-0.39, 0.29) is 0 Å². The Morgan fingerprint density at radius 3 is 2.68 bits per heavy atom. The highest BCUT2D eigenvalue weighted by Gasteiger charge is 2.02. The molecule has 2 rings (SSSR count). The maximum absolute atomic E-state index is 4.46. The second kappa shape index (κ2) is 6.48. The summed E-state index contributed by atoms with van der Waals surface area (Å²) in [6.07, 6.45) is 2.91. The fourth-order valence-electron chi connectivity index (χ4n) is 2.26. The molecule has 1 aromatic carbocycles. The molecule has 0 aliphatic carbocycles. The van der Waals surface area contributed by atoms with Gasteiger partial charge in [0.2, 0.25) is 0 Å². The summed E-state index contributed by atoms with van der Waals surface area (Å²) in [5.41, 5.74) is 6.52. The number of aromatic nitrogens is 1. The van der Waals surface area contributed by atoms with Crippen molar-refractivity contribution in [3.63, 3.8) is 0 Å². The lowest BCUT2D eigenvalue weighted by atomic mass is 10.1. The van der Waals surface area contributed by atoms with Crippen LogP contribution < -0.4 is 5.32 Å². The van der Waals surface area contributed by atoms with Gasteiger partial charge < -0.3 is 5.32 Å². The molecule has 0 amide bonds. The molecule has 2 heteroatoms. The summed E-state index contributed by atoms with van der Waals surface area (Å²) >= 11 is 0. The standard InChI is InChI=1S/C17H22N2/c1-4-15-6-5-9-19-17(15)12-18-11-16-10-13(2)7-8-14(16)3/h5-10,18H,4,11-12H2,1-3H3. The van der Waals surface area contributed by atoms with Gasteiger partial charge in [0.15, 0.2) is 0 Å². The van der Waals surface area contributed by atoms with E-state index in [0.717, 1.165) is 25.2 Å². The van der Waals surface area contributed by atoms with E-state index < -0.39 is 0 Å². The molecule has 0 aliphatic heterocycles. The van der Waals surface area contributed by atoms with Crippen molar-refractivity contribution in [3.8, 4) is 0 Å². The van der Waals surface area contributed by atoms with Crippen LogP contribution in [0, 0.1) is 13.8 Å². The van der Waals surface area contributed by atoms with Crippen molar-refractivity contribution in [3.05, 3.63) is 64.5 Å². The second-order valence-electron chi connectivity index (χ2n) is 5.00. The fraction of sp³-hybridized carbons (Fsp3) is 0.353. The van der Waals surface area contributed by atoms with E-state index in [0.29, 0.717) is 0 Å². The highest BCUT2D eigenvalue weighted by Crippen LogP contribution is 2.11. The highest BCUT2D eigenvalue weighted by molar-refractivity contribution is 5.30. The largest absolute Gasteiger partial charge is 0.307 e. The minimum absolute atomic E-state index is 0.831. The Morgan fingerprint density at radius 1 is 1.05 bits per heavy atom. The molecule has 1 N–H and O–H groups in total. The number of nitrogens with zero attached hydrogens (tertiary/aromatic N) is 1. The first-order valence-corrected chi connectivity index (χ1v) is 6.90. The maximum atomic E-state index is 4.46. The van der Waals surface area contributed by atoms with Crippen LogP contribution in [0.4, 0.5) is 0 Å². The van der Waals surface area contributed by atoms with Gasteiger partial charge in [-0.05, 0) is 43.0 Å². The first-order valence-electron chi connectivity index (χ1n) is 6.90. The van der Waals surface area contributed by atoms with Crippen LogP contribution in [0.5, 0.6) is 0 Å². The second-order valence-corrected chi connectivity index (χ2v) is 5.00. The molecular formula is C17H22N2. The molecule has 2 nitrogen and oxygen atoms in total. The predicted molar refractivity (Wildman–Crippen MR) is 80.1 cm³/mol. The van der Waals surface area contributed by atoms with Gasteiger partial charge in [0.1, 0.15) is 0 Å². The van der Waals surface area contributed by atoms with Crippen LogP contribution in [0.2, 0.25) is 0 Å². The summed E-state index contributed by atoms with van der Waals surface area (Å²) in [5.74, 6) is 0. The van der Waals surface area contributed by atoms with Crippen LogP contribution in [0.25, 0.3) is 0 Å². The fourth-order valence-corrected chi connectivity index (χ4v) is 2.26. The van der Waals surface area contributed by atoms with Gasteiger partial charge in [-0.15, -0.1) is 0 Å². The van der Waals surface area contributed by atoms with Crippen LogP contribution in [0.1, 0.15) is 34.9 Å². The average molecular weight is 254 g/mol. The zero-order chi connectivity index (χ0) is 13.7. The number of hydrogen-bond acceptors (Lipinski definition) is 2. The first-order chi connectivity index (χ1) is 9.20. The lowest BCUT2D eigenvalue weighted by Crippen LogP contribution is -2.15. The van der Waals surface area contributed by atoms with Crippen molar-refractivity contribution in [1.82, 2.24) is 10.3 Å². The molecule has 2 aromatic rings. The van der Waals surface area contributed by atoms with E-state index in [9.17, 15) is 0 Å². The summed E-state index contributed by atoms with van der Waals surface area (Å²) < 4.78 is 0. The summed E-state index contributed by atoms with van der Waals surface area (Å²) in [4.78, 5) is 4.46. The SMILES string of the molecule is CCc1cccnc1CNCc1cc(C)ccc1C. The van der Waals surface area contributed by atoms with Crippen molar-refractivity contribution in [2.45, 2.75) is 40.3 Å². The third-order valence-electron chi connectivity index (χ3n) is 3.48.